The van der Waals surface area contributed by atoms with Crippen molar-refractivity contribution in [3.8, 4) is 17.1 Å². The number of thioether (sulfide) groups is 1. The fraction of sp³-hybridized carbons (Fsp3) is 0.476. The number of ether oxygens (including phenoxy) is 1. The van der Waals surface area contributed by atoms with E-state index in [0.717, 1.165) is 17.7 Å². The fourth-order valence-corrected chi connectivity index (χ4v) is 4.39. The number of methoxy groups -OCH3 is 1. The summed E-state index contributed by atoms with van der Waals surface area (Å²) in [5, 5.41) is 12.6. The highest BCUT2D eigenvalue weighted by molar-refractivity contribution is 7.99. The lowest BCUT2D eigenvalue weighted by molar-refractivity contribution is -0.119. The molecule has 0 bridgehead atoms. The van der Waals surface area contributed by atoms with E-state index in [1.807, 2.05) is 28.8 Å². The number of nitrogens with one attached hydrogen (secondary N) is 1. The molecule has 150 valence electrons. The largest absolute Gasteiger partial charge is 0.496 e. The maximum Gasteiger partial charge on any atom is 0.230 e. The predicted octanol–water partition coefficient (Wildman–Crippen LogP) is 3.93. The summed E-state index contributed by atoms with van der Waals surface area (Å²) in [6, 6.07) is 8.00. The first-order valence-electron chi connectivity index (χ1n) is 9.73. The molecular weight excluding hydrogens is 372 g/mol. The molecule has 1 aliphatic rings. The Hall–Kier alpha value is -2.28. The van der Waals surface area contributed by atoms with Crippen LogP contribution < -0.4 is 10.1 Å². The Bertz CT molecular complexity index is 820. The van der Waals surface area contributed by atoms with Crippen LogP contribution in [0, 0.1) is 5.92 Å². The van der Waals surface area contributed by atoms with Gasteiger partial charge < -0.3 is 10.1 Å². The number of nitrogens with zero attached hydrogens (tertiary/aromatic N) is 3. The van der Waals surface area contributed by atoms with Gasteiger partial charge in [0.1, 0.15) is 5.75 Å². The van der Waals surface area contributed by atoms with Crippen molar-refractivity contribution >= 4 is 17.7 Å². The number of aromatic nitrogens is 3. The molecule has 6 nitrogen and oxygen atoms in total. The highest BCUT2D eigenvalue weighted by atomic mass is 32.2. The number of para-hydroxylation sites is 1. The van der Waals surface area contributed by atoms with Gasteiger partial charge in [-0.25, -0.2) is 0 Å². The summed E-state index contributed by atoms with van der Waals surface area (Å²) in [5.41, 5.74) is 0.867. The monoisotopic (exact) mass is 400 g/mol. The zero-order chi connectivity index (χ0) is 19.9. The van der Waals surface area contributed by atoms with E-state index in [1.165, 1.54) is 31.0 Å². The zero-order valence-electron chi connectivity index (χ0n) is 16.6. The van der Waals surface area contributed by atoms with Crippen LogP contribution in [0.2, 0.25) is 0 Å². The molecule has 0 spiro atoms. The normalized spacial score (nSPS) is 19.2. The quantitative estimate of drug-likeness (QED) is 0.537. The Morgan fingerprint density at radius 3 is 2.89 bits per heavy atom. The molecule has 0 saturated heterocycles. The van der Waals surface area contributed by atoms with Crippen molar-refractivity contribution in [1.82, 2.24) is 20.1 Å². The number of benzene rings is 1. The van der Waals surface area contributed by atoms with E-state index in [2.05, 4.69) is 29.0 Å². The summed E-state index contributed by atoms with van der Waals surface area (Å²) >= 11 is 1.40. The van der Waals surface area contributed by atoms with E-state index in [-0.39, 0.29) is 11.9 Å². The van der Waals surface area contributed by atoms with Gasteiger partial charge in [0.2, 0.25) is 5.91 Å². The average molecular weight is 401 g/mol. The average Bonchev–Trinajstić information content (AvgIpc) is 3.11. The second-order valence-corrected chi connectivity index (χ2v) is 8.07. The zero-order valence-corrected chi connectivity index (χ0v) is 17.4. The molecule has 2 atom stereocenters. The number of amides is 1. The van der Waals surface area contributed by atoms with Gasteiger partial charge in [-0.05, 0) is 30.9 Å². The van der Waals surface area contributed by atoms with E-state index in [0.29, 0.717) is 29.2 Å². The van der Waals surface area contributed by atoms with Crippen LogP contribution in [0.25, 0.3) is 11.4 Å². The van der Waals surface area contributed by atoms with Crippen LogP contribution in [0.4, 0.5) is 0 Å². The number of rotatable bonds is 8. The Balaban J connectivity index is 1.71. The van der Waals surface area contributed by atoms with Crippen molar-refractivity contribution in [1.29, 1.82) is 0 Å². The third-order valence-electron chi connectivity index (χ3n) is 5.17. The molecule has 1 N–H and O–H groups in total. The minimum Gasteiger partial charge on any atom is -0.496 e. The van der Waals surface area contributed by atoms with E-state index in [9.17, 15) is 4.79 Å². The summed E-state index contributed by atoms with van der Waals surface area (Å²) in [7, 11) is 1.64. The van der Waals surface area contributed by atoms with Crippen molar-refractivity contribution < 1.29 is 9.53 Å². The first-order chi connectivity index (χ1) is 13.6. The number of hydrogen-bond donors (Lipinski definition) is 1. The highest BCUT2D eigenvalue weighted by Gasteiger charge is 2.23. The van der Waals surface area contributed by atoms with Crippen molar-refractivity contribution in [2.75, 3.05) is 12.9 Å². The topological polar surface area (TPSA) is 69.0 Å². The molecule has 1 aromatic carbocycles. The summed E-state index contributed by atoms with van der Waals surface area (Å²) in [4.78, 5) is 12.4. The summed E-state index contributed by atoms with van der Waals surface area (Å²) in [6.07, 6.45) is 6.52. The van der Waals surface area contributed by atoms with Crippen molar-refractivity contribution in [2.24, 2.45) is 5.92 Å². The van der Waals surface area contributed by atoms with Gasteiger partial charge in [-0.1, -0.05) is 49.7 Å². The van der Waals surface area contributed by atoms with Gasteiger partial charge >= 0.3 is 0 Å². The van der Waals surface area contributed by atoms with Crippen molar-refractivity contribution in [2.45, 2.75) is 50.4 Å². The molecule has 7 heteroatoms. The Morgan fingerprint density at radius 2 is 2.14 bits per heavy atom. The fourth-order valence-electron chi connectivity index (χ4n) is 3.63. The molecule has 1 amide bonds. The molecule has 3 rings (SSSR count). The van der Waals surface area contributed by atoms with Gasteiger partial charge in [-0.2, -0.15) is 0 Å². The van der Waals surface area contributed by atoms with Crippen LogP contribution in [-0.2, 0) is 11.3 Å². The van der Waals surface area contributed by atoms with Crippen LogP contribution >= 0.6 is 11.8 Å². The molecule has 0 radical (unpaired) electrons. The number of carbonyl (C=O) groups is 1. The molecule has 0 unspecified atom stereocenters. The molecular formula is C21H28N4O2S. The molecule has 0 aliphatic heterocycles. The van der Waals surface area contributed by atoms with Gasteiger partial charge in [0.15, 0.2) is 11.0 Å². The SMILES string of the molecule is C=CCn1c(SCC(=O)N[C@@H]2CCCC[C@H]2C)nnc1-c1ccccc1OC. The van der Waals surface area contributed by atoms with E-state index in [1.54, 1.807) is 13.2 Å². The van der Waals surface area contributed by atoms with Gasteiger partial charge in [0, 0.05) is 12.6 Å². The minimum atomic E-state index is 0.0516. The number of hydrogen-bond acceptors (Lipinski definition) is 5. The maximum absolute atomic E-state index is 12.4. The molecule has 1 aliphatic carbocycles. The van der Waals surface area contributed by atoms with Crippen LogP contribution in [-0.4, -0.2) is 39.6 Å². The molecule has 2 aromatic rings. The smallest absolute Gasteiger partial charge is 0.230 e. The molecule has 1 aromatic heterocycles. The minimum absolute atomic E-state index is 0.0516. The van der Waals surface area contributed by atoms with Crippen LogP contribution in [0.15, 0.2) is 42.1 Å². The maximum atomic E-state index is 12.4. The molecule has 1 fully saturated rings. The Labute approximate surface area is 170 Å². The van der Waals surface area contributed by atoms with Crippen LogP contribution in [0.5, 0.6) is 5.75 Å². The molecule has 28 heavy (non-hydrogen) atoms. The predicted molar refractivity (Wildman–Crippen MR) is 112 cm³/mol. The summed E-state index contributed by atoms with van der Waals surface area (Å²) in [6.45, 7) is 6.62. The lowest BCUT2D eigenvalue weighted by atomic mass is 9.86. The third kappa shape index (κ3) is 4.76. The van der Waals surface area contributed by atoms with Gasteiger partial charge in [0.05, 0.1) is 18.4 Å². The van der Waals surface area contributed by atoms with Crippen LogP contribution in [0.3, 0.4) is 0 Å². The van der Waals surface area contributed by atoms with Gasteiger partial charge in [-0.15, -0.1) is 16.8 Å². The standard InChI is InChI=1S/C21H28N4O2S/c1-4-13-25-20(16-10-6-8-12-18(16)27-3)23-24-21(25)28-14-19(26)22-17-11-7-5-9-15(17)2/h4,6,8,10,12,15,17H,1,5,7,9,11,13-14H2,2-3H3,(H,22,26)/t15-,17-/m1/s1. The third-order valence-corrected chi connectivity index (χ3v) is 6.13. The van der Waals surface area contributed by atoms with E-state index in [4.69, 9.17) is 4.74 Å². The summed E-state index contributed by atoms with van der Waals surface area (Å²) in [5.74, 6) is 2.37. The van der Waals surface area contributed by atoms with Gasteiger partial charge in [0.25, 0.3) is 0 Å². The molecule has 1 saturated carbocycles. The van der Waals surface area contributed by atoms with Crippen molar-refractivity contribution in [3.63, 3.8) is 0 Å². The lowest BCUT2D eigenvalue weighted by Gasteiger charge is -2.29. The van der Waals surface area contributed by atoms with Crippen LogP contribution in [0.1, 0.15) is 32.6 Å². The molecule has 1 heterocycles. The number of carbonyl (C=O) groups excluding carboxylic acids is 1. The lowest BCUT2D eigenvalue weighted by Crippen LogP contribution is -2.41. The Kier molecular flexibility index (Phi) is 7.14. The number of allylic oxidation sites excluding steroid dienone is 1. The first-order valence-corrected chi connectivity index (χ1v) is 10.7. The second kappa shape index (κ2) is 9.78. The van der Waals surface area contributed by atoms with E-state index >= 15 is 0 Å². The summed E-state index contributed by atoms with van der Waals surface area (Å²) < 4.78 is 7.42. The Morgan fingerprint density at radius 1 is 1.36 bits per heavy atom. The second-order valence-electron chi connectivity index (χ2n) is 7.13. The van der Waals surface area contributed by atoms with E-state index < -0.39 is 0 Å². The highest BCUT2D eigenvalue weighted by Crippen LogP contribution is 2.31. The van der Waals surface area contributed by atoms with Crippen molar-refractivity contribution in [3.05, 3.63) is 36.9 Å². The first kappa shape index (κ1) is 20.5. The van der Waals surface area contributed by atoms with Gasteiger partial charge in [-0.3, -0.25) is 9.36 Å².